The molecule has 0 aromatic rings. The van der Waals surface area contributed by atoms with Gasteiger partial charge in [0.25, 0.3) is 0 Å². The summed E-state index contributed by atoms with van der Waals surface area (Å²) in [6.45, 7) is 8.03. The van der Waals surface area contributed by atoms with Crippen LogP contribution in [0.1, 0.15) is 34.1 Å². The summed E-state index contributed by atoms with van der Waals surface area (Å²) in [5.74, 6) is -1.18. The molecule has 0 spiro atoms. The predicted octanol–water partition coefficient (Wildman–Crippen LogP) is 0.653. The van der Waals surface area contributed by atoms with E-state index in [1.807, 2.05) is 13.8 Å². The monoisotopic (exact) mass is 287 g/mol. The van der Waals surface area contributed by atoms with Gasteiger partial charge in [0.15, 0.2) is 0 Å². The average molecular weight is 287 g/mol. The zero-order chi connectivity index (χ0) is 15.7. The number of hydrogen-bond acceptors (Lipinski definition) is 3. The highest BCUT2D eigenvalue weighted by molar-refractivity contribution is 5.86. The summed E-state index contributed by atoms with van der Waals surface area (Å²) in [4.78, 5) is 35.8. The number of carbonyl (C=O) groups excluding carboxylic acids is 2. The van der Waals surface area contributed by atoms with Crippen molar-refractivity contribution < 1.29 is 19.5 Å². The van der Waals surface area contributed by atoms with E-state index in [9.17, 15) is 14.4 Å². The summed E-state index contributed by atoms with van der Waals surface area (Å²) in [7, 11) is 0. The molecule has 0 aromatic carbocycles. The number of rotatable bonds is 8. The zero-order valence-electron chi connectivity index (χ0n) is 12.6. The van der Waals surface area contributed by atoms with Gasteiger partial charge in [-0.15, -0.1) is 0 Å². The van der Waals surface area contributed by atoms with E-state index in [1.165, 1.54) is 4.90 Å². The Morgan fingerprint density at radius 1 is 1.20 bits per heavy atom. The maximum absolute atomic E-state index is 12.0. The van der Waals surface area contributed by atoms with Crippen molar-refractivity contribution >= 4 is 17.9 Å². The summed E-state index contributed by atoms with van der Waals surface area (Å²) in [5, 5.41) is 14.1. The molecule has 0 aliphatic rings. The fourth-order valence-corrected chi connectivity index (χ4v) is 1.69. The molecule has 7 nitrogen and oxygen atoms in total. The standard InChI is InChI=1S/C13H25N3O4/c1-5-14-11(17)8-16(6-2)13(20)15-10(12(18)19)7-9(3)4/h9-10H,5-8H2,1-4H3,(H,14,17)(H,15,20)(H,18,19). The van der Waals surface area contributed by atoms with E-state index in [4.69, 9.17) is 5.11 Å². The lowest BCUT2D eigenvalue weighted by Gasteiger charge is -2.24. The smallest absolute Gasteiger partial charge is 0.326 e. The van der Waals surface area contributed by atoms with Crippen LogP contribution in [0.3, 0.4) is 0 Å². The fourth-order valence-electron chi connectivity index (χ4n) is 1.69. The topological polar surface area (TPSA) is 98.7 Å². The molecule has 1 atom stereocenters. The summed E-state index contributed by atoms with van der Waals surface area (Å²) in [6, 6.07) is -1.47. The van der Waals surface area contributed by atoms with Crippen LogP contribution in [0.5, 0.6) is 0 Å². The summed E-state index contributed by atoms with van der Waals surface area (Å²) in [6.07, 6.45) is 0.347. The van der Waals surface area contributed by atoms with Crippen molar-refractivity contribution in [2.75, 3.05) is 19.6 Å². The minimum atomic E-state index is -1.07. The molecule has 0 saturated carbocycles. The Morgan fingerprint density at radius 3 is 2.20 bits per heavy atom. The minimum Gasteiger partial charge on any atom is -0.480 e. The van der Waals surface area contributed by atoms with Gasteiger partial charge in [-0.3, -0.25) is 4.79 Å². The van der Waals surface area contributed by atoms with Gasteiger partial charge in [0, 0.05) is 13.1 Å². The average Bonchev–Trinajstić information content (AvgIpc) is 2.34. The van der Waals surface area contributed by atoms with E-state index in [1.54, 1.807) is 13.8 Å². The minimum absolute atomic E-state index is 0.0792. The first-order chi connectivity index (χ1) is 9.31. The molecule has 0 aliphatic carbocycles. The van der Waals surface area contributed by atoms with Gasteiger partial charge >= 0.3 is 12.0 Å². The van der Waals surface area contributed by atoms with Crippen molar-refractivity contribution in [2.45, 2.75) is 40.2 Å². The first-order valence-electron chi connectivity index (χ1n) is 6.86. The molecule has 0 saturated heterocycles. The van der Waals surface area contributed by atoms with Gasteiger partial charge in [-0.2, -0.15) is 0 Å². The Labute approximate surface area is 119 Å². The molecule has 3 amide bonds. The highest BCUT2D eigenvalue weighted by atomic mass is 16.4. The van der Waals surface area contributed by atoms with Gasteiger partial charge in [-0.1, -0.05) is 13.8 Å². The van der Waals surface area contributed by atoms with Gasteiger partial charge in [0.05, 0.1) is 0 Å². The molecular formula is C13H25N3O4. The van der Waals surface area contributed by atoms with Gasteiger partial charge < -0.3 is 20.6 Å². The van der Waals surface area contributed by atoms with Gasteiger partial charge in [-0.25, -0.2) is 9.59 Å². The third kappa shape index (κ3) is 6.96. The normalized spacial score (nSPS) is 11.8. The molecule has 0 aliphatic heterocycles. The van der Waals surface area contributed by atoms with E-state index in [-0.39, 0.29) is 18.4 Å². The number of nitrogens with one attached hydrogen (secondary N) is 2. The molecule has 116 valence electrons. The molecule has 0 aromatic heterocycles. The maximum Gasteiger partial charge on any atom is 0.326 e. The van der Waals surface area contributed by atoms with Gasteiger partial charge in [0.1, 0.15) is 12.6 Å². The Kier molecular flexibility index (Phi) is 8.35. The quantitative estimate of drug-likeness (QED) is 0.610. The molecule has 0 fully saturated rings. The molecule has 20 heavy (non-hydrogen) atoms. The van der Waals surface area contributed by atoms with E-state index in [0.717, 1.165) is 0 Å². The van der Waals surface area contributed by atoms with Crippen molar-refractivity contribution in [3.8, 4) is 0 Å². The number of aliphatic carboxylic acids is 1. The Morgan fingerprint density at radius 2 is 1.80 bits per heavy atom. The number of carboxylic acid groups (broad SMARTS) is 1. The first kappa shape index (κ1) is 18.2. The molecule has 0 bridgehead atoms. The largest absolute Gasteiger partial charge is 0.480 e. The van der Waals surface area contributed by atoms with Crippen molar-refractivity contribution in [1.29, 1.82) is 0 Å². The number of nitrogens with zero attached hydrogens (tertiary/aromatic N) is 1. The van der Waals surface area contributed by atoms with Crippen LogP contribution in [0.15, 0.2) is 0 Å². The predicted molar refractivity (Wildman–Crippen MR) is 75.3 cm³/mol. The van der Waals surface area contributed by atoms with E-state index in [2.05, 4.69) is 10.6 Å². The summed E-state index contributed by atoms with van der Waals surface area (Å²) >= 11 is 0. The second-order valence-corrected chi connectivity index (χ2v) is 4.94. The summed E-state index contributed by atoms with van der Waals surface area (Å²) < 4.78 is 0. The fraction of sp³-hybridized carbons (Fsp3) is 0.769. The first-order valence-corrected chi connectivity index (χ1v) is 6.86. The van der Waals surface area contributed by atoms with E-state index < -0.39 is 18.0 Å². The highest BCUT2D eigenvalue weighted by Crippen LogP contribution is 2.05. The molecule has 1 unspecified atom stereocenters. The molecule has 0 radical (unpaired) electrons. The number of urea groups is 1. The van der Waals surface area contributed by atoms with Crippen molar-refractivity contribution in [2.24, 2.45) is 5.92 Å². The lowest BCUT2D eigenvalue weighted by Crippen LogP contribution is -2.50. The van der Waals surface area contributed by atoms with Crippen LogP contribution in [0.25, 0.3) is 0 Å². The Bertz CT molecular complexity index is 345. The third-order valence-corrected chi connectivity index (χ3v) is 2.68. The molecule has 7 heteroatoms. The SMILES string of the molecule is CCNC(=O)CN(CC)C(=O)NC(CC(C)C)C(=O)O. The van der Waals surface area contributed by atoms with E-state index >= 15 is 0 Å². The van der Waals surface area contributed by atoms with Crippen LogP contribution in [-0.2, 0) is 9.59 Å². The van der Waals surface area contributed by atoms with Crippen LogP contribution in [0, 0.1) is 5.92 Å². The van der Waals surface area contributed by atoms with Crippen LogP contribution < -0.4 is 10.6 Å². The second kappa shape index (κ2) is 9.17. The molecule has 0 rings (SSSR count). The van der Waals surface area contributed by atoms with Crippen molar-refractivity contribution in [3.63, 3.8) is 0 Å². The number of hydrogen-bond donors (Lipinski definition) is 3. The number of amides is 3. The second-order valence-electron chi connectivity index (χ2n) is 4.94. The van der Waals surface area contributed by atoms with Gasteiger partial charge in [0.2, 0.25) is 5.91 Å². The zero-order valence-corrected chi connectivity index (χ0v) is 12.6. The van der Waals surface area contributed by atoms with E-state index in [0.29, 0.717) is 19.5 Å². The van der Waals surface area contributed by atoms with Crippen LogP contribution in [0.4, 0.5) is 4.79 Å². The van der Waals surface area contributed by atoms with Crippen LogP contribution in [-0.4, -0.2) is 53.6 Å². The molecule has 3 N–H and O–H groups in total. The van der Waals surface area contributed by atoms with Gasteiger partial charge in [-0.05, 0) is 26.2 Å². The summed E-state index contributed by atoms with van der Waals surface area (Å²) in [5.41, 5.74) is 0. The van der Waals surface area contributed by atoms with Crippen molar-refractivity contribution in [3.05, 3.63) is 0 Å². The lowest BCUT2D eigenvalue weighted by molar-refractivity contribution is -0.139. The highest BCUT2D eigenvalue weighted by Gasteiger charge is 2.24. The molecule has 0 heterocycles. The molecular weight excluding hydrogens is 262 g/mol. The van der Waals surface area contributed by atoms with Crippen molar-refractivity contribution in [1.82, 2.24) is 15.5 Å². The number of carbonyl (C=O) groups is 3. The third-order valence-electron chi connectivity index (χ3n) is 2.68. The van der Waals surface area contributed by atoms with Crippen LogP contribution in [0.2, 0.25) is 0 Å². The number of carboxylic acids is 1. The lowest BCUT2D eigenvalue weighted by atomic mass is 10.0. The maximum atomic E-state index is 12.0. The van der Waals surface area contributed by atoms with Crippen LogP contribution >= 0.6 is 0 Å². The Balaban J connectivity index is 4.58. The number of likely N-dealkylation sites (N-methyl/N-ethyl adjacent to an activating group) is 2. The Hall–Kier alpha value is -1.79.